The topological polar surface area (TPSA) is 36.4 Å². The molecule has 3 heteroatoms. The van der Waals surface area contributed by atoms with Gasteiger partial charge in [-0.1, -0.05) is 30.3 Å². The minimum Gasteiger partial charge on any atom is -0.356 e. The fraction of sp³-hybridized carbons (Fsp3) is 0.500. The summed E-state index contributed by atoms with van der Waals surface area (Å²) in [5.74, 6) is 0.972. The molecular formula is C14H19N3. The number of nitrogens with one attached hydrogen (secondary N) is 2. The monoisotopic (exact) mass is 229 g/mol. The zero-order valence-corrected chi connectivity index (χ0v) is 10.2. The van der Waals surface area contributed by atoms with Gasteiger partial charge in [-0.05, 0) is 25.3 Å². The van der Waals surface area contributed by atoms with E-state index in [9.17, 15) is 0 Å². The van der Waals surface area contributed by atoms with Crippen LogP contribution in [0.1, 0.15) is 25.3 Å². The molecule has 17 heavy (non-hydrogen) atoms. The van der Waals surface area contributed by atoms with Crippen molar-refractivity contribution in [3.05, 3.63) is 35.9 Å². The van der Waals surface area contributed by atoms with Crippen LogP contribution in [0.4, 0.5) is 0 Å². The molecule has 1 unspecified atom stereocenters. The Balaban J connectivity index is 1.62. The molecule has 0 saturated heterocycles. The van der Waals surface area contributed by atoms with E-state index in [1.807, 2.05) is 0 Å². The van der Waals surface area contributed by atoms with E-state index in [4.69, 9.17) is 0 Å². The Labute approximate surface area is 102 Å². The zero-order valence-electron chi connectivity index (χ0n) is 10.2. The summed E-state index contributed by atoms with van der Waals surface area (Å²) in [7, 11) is 0. The van der Waals surface area contributed by atoms with Crippen molar-refractivity contribution in [1.82, 2.24) is 10.6 Å². The molecule has 1 aliphatic carbocycles. The normalized spacial score (nSPS) is 25.0. The summed E-state index contributed by atoms with van der Waals surface area (Å²) in [6.45, 7) is 4.04. The van der Waals surface area contributed by atoms with Crippen LogP contribution < -0.4 is 10.6 Å². The molecular weight excluding hydrogens is 210 g/mol. The van der Waals surface area contributed by atoms with Gasteiger partial charge in [0.25, 0.3) is 0 Å². The molecule has 1 saturated carbocycles. The van der Waals surface area contributed by atoms with Gasteiger partial charge < -0.3 is 10.6 Å². The fourth-order valence-corrected chi connectivity index (χ4v) is 2.42. The first kappa shape index (κ1) is 10.6. The minimum atomic E-state index is 0.358. The first-order chi connectivity index (χ1) is 8.28. The second kappa shape index (κ2) is 4.06. The van der Waals surface area contributed by atoms with Crippen LogP contribution in [0.2, 0.25) is 0 Å². The first-order valence-electron chi connectivity index (χ1n) is 6.39. The molecule has 1 atom stereocenters. The van der Waals surface area contributed by atoms with Crippen LogP contribution in [0.3, 0.4) is 0 Å². The van der Waals surface area contributed by atoms with Gasteiger partial charge >= 0.3 is 0 Å². The van der Waals surface area contributed by atoms with Crippen molar-refractivity contribution in [1.29, 1.82) is 0 Å². The molecule has 1 aromatic carbocycles. The molecule has 0 radical (unpaired) electrons. The van der Waals surface area contributed by atoms with Gasteiger partial charge in [0, 0.05) is 18.0 Å². The predicted octanol–water partition coefficient (Wildman–Crippen LogP) is 1.66. The largest absolute Gasteiger partial charge is 0.356 e. The molecule has 3 nitrogen and oxygen atoms in total. The van der Waals surface area contributed by atoms with E-state index < -0.39 is 0 Å². The lowest BCUT2D eigenvalue weighted by Gasteiger charge is -2.17. The molecule has 1 heterocycles. The molecule has 0 spiro atoms. The highest BCUT2D eigenvalue weighted by atomic mass is 15.2. The first-order valence-corrected chi connectivity index (χ1v) is 6.39. The molecule has 90 valence electrons. The molecule has 3 rings (SSSR count). The number of guanidine groups is 1. The molecule has 1 aliphatic heterocycles. The van der Waals surface area contributed by atoms with Crippen LogP contribution in [-0.2, 0) is 5.41 Å². The van der Waals surface area contributed by atoms with Gasteiger partial charge in [0.15, 0.2) is 5.96 Å². The third kappa shape index (κ3) is 2.14. The second-order valence-corrected chi connectivity index (χ2v) is 5.23. The Morgan fingerprint density at radius 1 is 1.35 bits per heavy atom. The highest BCUT2D eigenvalue weighted by molar-refractivity contribution is 5.81. The number of rotatable bonds is 3. The van der Waals surface area contributed by atoms with Gasteiger partial charge in [-0.25, -0.2) is 0 Å². The highest BCUT2D eigenvalue weighted by Crippen LogP contribution is 2.47. The minimum absolute atomic E-state index is 0.358. The average molecular weight is 229 g/mol. The molecule has 0 bridgehead atoms. The van der Waals surface area contributed by atoms with E-state index in [0.29, 0.717) is 11.5 Å². The summed E-state index contributed by atoms with van der Waals surface area (Å²) >= 11 is 0. The standard InChI is InChI=1S/C14H19N3/c1-11-9-15-13(17-11)16-10-14(7-8-14)12-5-3-2-4-6-12/h2-6,11H,7-10H2,1H3,(H2,15,16,17). The van der Waals surface area contributed by atoms with Crippen molar-refractivity contribution in [2.45, 2.75) is 31.2 Å². The van der Waals surface area contributed by atoms with Crippen molar-refractivity contribution in [2.24, 2.45) is 4.99 Å². The number of nitrogens with zero attached hydrogens (tertiary/aromatic N) is 1. The van der Waals surface area contributed by atoms with E-state index in [0.717, 1.165) is 19.0 Å². The molecule has 0 aromatic heterocycles. The van der Waals surface area contributed by atoms with Crippen LogP contribution in [0, 0.1) is 0 Å². The van der Waals surface area contributed by atoms with E-state index in [1.165, 1.54) is 18.4 Å². The average Bonchev–Trinajstić information content (AvgIpc) is 3.05. The van der Waals surface area contributed by atoms with Gasteiger partial charge in [0.1, 0.15) is 0 Å². The Morgan fingerprint density at radius 3 is 2.71 bits per heavy atom. The lowest BCUT2D eigenvalue weighted by atomic mass is 9.96. The van der Waals surface area contributed by atoms with Crippen LogP contribution in [0.5, 0.6) is 0 Å². The quantitative estimate of drug-likeness (QED) is 0.827. The lowest BCUT2D eigenvalue weighted by molar-refractivity contribution is 0.644. The van der Waals surface area contributed by atoms with Crippen molar-refractivity contribution < 1.29 is 0 Å². The highest BCUT2D eigenvalue weighted by Gasteiger charge is 2.44. The summed E-state index contributed by atoms with van der Waals surface area (Å²) in [5, 5.41) is 6.80. The second-order valence-electron chi connectivity index (χ2n) is 5.23. The molecule has 1 aromatic rings. The third-order valence-corrected chi connectivity index (χ3v) is 3.74. The number of hydrogen-bond acceptors (Lipinski definition) is 3. The van der Waals surface area contributed by atoms with Crippen LogP contribution in [-0.4, -0.2) is 25.1 Å². The fourth-order valence-electron chi connectivity index (χ4n) is 2.42. The maximum Gasteiger partial charge on any atom is 0.191 e. The van der Waals surface area contributed by atoms with Gasteiger partial charge in [-0.15, -0.1) is 0 Å². The third-order valence-electron chi connectivity index (χ3n) is 3.74. The predicted molar refractivity (Wildman–Crippen MR) is 70.3 cm³/mol. The van der Waals surface area contributed by atoms with Gasteiger partial charge in [-0.2, -0.15) is 0 Å². The van der Waals surface area contributed by atoms with Crippen LogP contribution in [0.15, 0.2) is 35.3 Å². The molecule has 1 fully saturated rings. The van der Waals surface area contributed by atoms with E-state index >= 15 is 0 Å². The van der Waals surface area contributed by atoms with Gasteiger partial charge in [-0.3, -0.25) is 4.99 Å². The summed E-state index contributed by atoms with van der Waals surface area (Å²) in [6, 6.07) is 11.3. The van der Waals surface area contributed by atoms with Gasteiger partial charge in [0.05, 0.1) is 6.54 Å². The smallest absolute Gasteiger partial charge is 0.191 e. The molecule has 2 N–H and O–H groups in total. The maximum atomic E-state index is 4.44. The van der Waals surface area contributed by atoms with Gasteiger partial charge in [0.2, 0.25) is 0 Å². The molecule has 2 aliphatic rings. The van der Waals surface area contributed by atoms with Crippen LogP contribution in [0.25, 0.3) is 0 Å². The lowest BCUT2D eigenvalue weighted by Crippen LogP contribution is -2.41. The summed E-state index contributed by atoms with van der Waals surface area (Å²) in [4.78, 5) is 4.44. The Hall–Kier alpha value is -1.51. The van der Waals surface area contributed by atoms with E-state index in [-0.39, 0.29) is 0 Å². The number of aliphatic imine (C=N–C) groups is 1. The number of hydrogen-bond donors (Lipinski definition) is 2. The Morgan fingerprint density at radius 2 is 2.12 bits per heavy atom. The maximum absolute atomic E-state index is 4.44. The van der Waals surface area contributed by atoms with E-state index in [1.54, 1.807) is 0 Å². The van der Waals surface area contributed by atoms with E-state index in [2.05, 4.69) is 52.9 Å². The Kier molecular flexibility index (Phi) is 2.54. The van der Waals surface area contributed by atoms with Crippen LogP contribution >= 0.6 is 0 Å². The van der Waals surface area contributed by atoms with Crippen molar-refractivity contribution in [2.75, 3.05) is 13.1 Å². The number of benzene rings is 1. The molecule has 0 amide bonds. The van der Waals surface area contributed by atoms with Crippen molar-refractivity contribution >= 4 is 5.96 Å². The van der Waals surface area contributed by atoms with Crippen molar-refractivity contribution in [3.8, 4) is 0 Å². The summed E-state index contributed by atoms with van der Waals surface area (Å²) < 4.78 is 0. The Bertz CT molecular complexity index is 420. The van der Waals surface area contributed by atoms with Crippen molar-refractivity contribution in [3.63, 3.8) is 0 Å². The summed E-state index contributed by atoms with van der Waals surface area (Å²) in [6.07, 6.45) is 2.57. The summed E-state index contributed by atoms with van der Waals surface area (Å²) in [5.41, 5.74) is 1.82. The zero-order chi connectivity index (χ0) is 11.7. The SMILES string of the molecule is CC1CN=C(NCC2(c3ccccc3)CC2)N1.